The van der Waals surface area contributed by atoms with Crippen molar-refractivity contribution in [2.75, 3.05) is 0 Å². The number of hydrogen-bond donors (Lipinski definition) is 0. The fourth-order valence-electron chi connectivity index (χ4n) is 0.709. The molecule has 0 spiro atoms. The Kier molecular flexibility index (Phi) is 1.81. The second-order valence-electron chi connectivity index (χ2n) is 2.05. The van der Waals surface area contributed by atoms with Gasteiger partial charge < -0.3 is 0 Å². The Morgan fingerprint density at radius 1 is 1.10 bits per heavy atom. The van der Waals surface area contributed by atoms with Gasteiger partial charge in [0.25, 0.3) is 0 Å². The normalized spacial score (nSPS) is 20.1. The minimum Gasteiger partial charge on any atom is -0.299 e. The molecule has 1 fully saturated rings. The zero-order valence-corrected chi connectivity index (χ0v) is 6.32. The molecular formula is C5H6NO3P. The molecule has 1 aliphatic rings. The van der Waals surface area contributed by atoms with Crippen LogP contribution in [-0.2, 0) is 14.4 Å². The molecule has 10 heavy (non-hydrogen) atoms. The van der Waals surface area contributed by atoms with Crippen molar-refractivity contribution in [3.63, 3.8) is 0 Å². The molecular weight excluding hydrogens is 153 g/mol. The lowest BCUT2D eigenvalue weighted by atomic mass is 10.1. The van der Waals surface area contributed by atoms with Crippen LogP contribution in [-0.4, -0.2) is 22.3 Å². The standard InChI is InChI=1S/C5H6NO3P/c7-3-1-4(8)6(10)5(9)2-3/h1-2,10H2. The van der Waals surface area contributed by atoms with Crippen LogP contribution in [0.25, 0.3) is 0 Å². The lowest BCUT2D eigenvalue weighted by Crippen LogP contribution is -2.36. The van der Waals surface area contributed by atoms with E-state index in [9.17, 15) is 14.4 Å². The predicted molar refractivity (Wildman–Crippen MR) is 35.8 cm³/mol. The van der Waals surface area contributed by atoms with E-state index in [1.807, 2.05) is 9.39 Å². The first-order chi connectivity index (χ1) is 4.61. The molecule has 0 bridgehead atoms. The van der Waals surface area contributed by atoms with Gasteiger partial charge in [0.1, 0.15) is 0 Å². The molecule has 0 saturated carbocycles. The summed E-state index contributed by atoms with van der Waals surface area (Å²) in [5.74, 6) is -1.17. The monoisotopic (exact) mass is 159 g/mol. The first-order valence-electron chi connectivity index (χ1n) is 2.73. The summed E-state index contributed by atoms with van der Waals surface area (Å²) in [6, 6.07) is 0. The minimum absolute atomic E-state index is 0.144. The van der Waals surface area contributed by atoms with Gasteiger partial charge in [-0.25, -0.2) is 0 Å². The van der Waals surface area contributed by atoms with E-state index in [2.05, 4.69) is 0 Å². The highest BCUT2D eigenvalue weighted by Gasteiger charge is 2.27. The Morgan fingerprint density at radius 3 is 1.90 bits per heavy atom. The Hall–Kier alpha value is -0.760. The van der Waals surface area contributed by atoms with Crippen LogP contribution in [0.2, 0.25) is 0 Å². The Bertz CT molecular complexity index is 193. The topological polar surface area (TPSA) is 54.5 Å². The van der Waals surface area contributed by atoms with Gasteiger partial charge in [0, 0.05) is 0 Å². The molecule has 0 N–H and O–H groups in total. The molecule has 0 radical (unpaired) electrons. The van der Waals surface area contributed by atoms with Crippen molar-refractivity contribution in [3.05, 3.63) is 0 Å². The van der Waals surface area contributed by atoms with Crippen LogP contribution < -0.4 is 0 Å². The average molecular weight is 159 g/mol. The number of hydrogen-bond acceptors (Lipinski definition) is 3. The molecule has 1 atom stereocenters. The van der Waals surface area contributed by atoms with E-state index in [0.29, 0.717) is 0 Å². The quantitative estimate of drug-likeness (QED) is 0.272. The molecule has 1 aliphatic heterocycles. The van der Waals surface area contributed by atoms with Gasteiger partial charge in [0.05, 0.1) is 12.8 Å². The van der Waals surface area contributed by atoms with Crippen LogP contribution in [0.4, 0.5) is 0 Å². The fraction of sp³-hybridized carbons (Fsp3) is 0.400. The van der Waals surface area contributed by atoms with E-state index in [-0.39, 0.29) is 18.6 Å². The van der Waals surface area contributed by atoms with Crippen molar-refractivity contribution >= 4 is 27.0 Å². The molecule has 2 amide bonds. The molecule has 1 heterocycles. The van der Waals surface area contributed by atoms with E-state index in [4.69, 9.17) is 0 Å². The van der Waals surface area contributed by atoms with Crippen LogP contribution in [0.1, 0.15) is 12.8 Å². The molecule has 0 aliphatic carbocycles. The van der Waals surface area contributed by atoms with Crippen molar-refractivity contribution in [1.82, 2.24) is 4.67 Å². The number of carbonyl (C=O) groups excluding carboxylic acids is 3. The van der Waals surface area contributed by atoms with E-state index in [1.54, 1.807) is 0 Å². The number of ketones is 1. The molecule has 4 nitrogen and oxygen atoms in total. The van der Waals surface area contributed by atoms with Gasteiger partial charge in [-0.1, -0.05) is 0 Å². The number of Topliss-reactive ketones (excluding diaryl/α,β-unsaturated/α-hetero) is 1. The number of imide groups is 1. The molecule has 0 aromatic carbocycles. The van der Waals surface area contributed by atoms with Crippen molar-refractivity contribution < 1.29 is 14.4 Å². The van der Waals surface area contributed by atoms with Crippen LogP contribution in [0, 0.1) is 0 Å². The summed E-state index contributed by atoms with van der Waals surface area (Å²) >= 11 is 0. The lowest BCUT2D eigenvalue weighted by Gasteiger charge is -2.18. The van der Waals surface area contributed by atoms with Crippen LogP contribution >= 0.6 is 9.39 Å². The second-order valence-corrected chi connectivity index (χ2v) is 2.57. The van der Waals surface area contributed by atoms with E-state index in [0.717, 1.165) is 4.67 Å². The van der Waals surface area contributed by atoms with Crippen LogP contribution in [0.15, 0.2) is 0 Å². The Balaban J connectivity index is 2.76. The number of amides is 2. The number of piperidine rings is 1. The smallest absolute Gasteiger partial charge is 0.239 e. The van der Waals surface area contributed by atoms with Gasteiger partial charge in [-0.05, 0) is 9.39 Å². The summed E-state index contributed by atoms with van der Waals surface area (Å²) in [5.41, 5.74) is 0. The van der Waals surface area contributed by atoms with Gasteiger partial charge in [0.15, 0.2) is 5.78 Å². The third kappa shape index (κ3) is 1.21. The lowest BCUT2D eigenvalue weighted by molar-refractivity contribution is -0.145. The van der Waals surface area contributed by atoms with Crippen LogP contribution in [0.3, 0.4) is 0 Å². The van der Waals surface area contributed by atoms with Crippen molar-refractivity contribution in [2.45, 2.75) is 12.8 Å². The fourth-order valence-corrected chi connectivity index (χ4v) is 0.892. The number of rotatable bonds is 0. The van der Waals surface area contributed by atoms with Crippen molar-refractivity contribution in [1.29, 1.82) is 0 Å². The maximum atomic E-state index is 10.7. The largest absolute Gasteiger partial charge is 0.299 e. The highest BCUT2D eigenvalue weighted by Crippen LogP contribution is 2.12. The molecule has 1 rings (SSSR count). The maximum absolute atomic E-state index is 10.7. The summed E-state index contributed by atoms with van der Waals surface area (Å²) < 4.78 is 0.904. The molecule has 0 aromatic heterocycles. The van der Waals surface area contributed by atoms with E-state index in [1.165, 1.54) is 0 Å². The Labute approximate surface area is 59.8 Å². The zero-order chi connectivity index (χ0) is 7.72. The molecule has 1 saturated heterocycles. The average Bonchev–Trinajstić information content (AvgIpc) is 1.82. The summed E-state index contributed by atoms with van der Waals surface area (Å²) in [5, 5.41) is 0. The van der Waals surface area contributed by atoms with Gasteiger partial charge >= 0.3 is 0 Å². The molecule has 54 valence electrons. The van der Waals surface area contributed by atoms with Gasteiger partial charge in [0.2, 0.25) is 11.8 Å². The third-order valence-corrected chi connectivity index (χ3v) is 1.81. The summed E-state index contributed by atoms with van der Waals surface area (Å²) in [6.45, 7) is 0. The summed E-state index contributed by atoms with van der Waals surface area (Å²) in [4.78, 5) is 31.9. The molecule has 0 aromatic rings. The predicted octanol–water partition coefficient (Wildman–Crippen LogP) is -0.505. The SMILES string of the molecule is O=C1CC(=O)N(P)C(=O)C1. The van der Waals surface area contributed by atoms with E-state index >= 15 is 0 Å². The number of nitrogens with zero attached hydrogens (tertiary/aromatic N) is 1. The third-order valence-electron chi connectivity index (χ3n) is 1.23. The van der Waals surface area contributed by atoms with E-state index < -0.39 is 11.8 Å². The van der Waals surface area contributed by atoms with Gasteiger partial charge in [-0.2, -0.15) is 0 Å². The first-order valence-corrected chi connectivity index (χ1v) is 3.25. The van der Waals surface area contributed by atoms with Crippen molar-refractivity contribution in [3.8, 4) is 0 Å². The van der Waals surface area contributed by atoms with Crippen LogP contribution in [0.5, 0.6) is 0 Å². The first kappa shape index (κ1) is 7.35. The van der Waals surface area contributed by atoms with Gasteiger partial charge in [-0.15, -0.1) is 0 Å². The highest BCUT2D eigenvalue weighted by molar-refractivity contribution is 7.16. The zero-order valence-electron chi connectivity index (χ0n) is 5.16. The maximum Gasteiger partial charge on any atom is 0.239 e. The molecule has 1 unspecified atom stereocenters. The highest BCUT2D eigenvalue weighted by atomic mass is 31.0. The minimum atomic E-state index is -0.439. The molecule has 5 heteroatoms. The second kappa shape index (κ2) is 2.46. The summed E-state index contributed by atoms with van der Waals surface area (Å²) in [7, 11) is 1.98. The summed E-state index contributed by atoms with van der Waals surface area (Å²) in [6.07, 6.45) is -0.287. The van der Waals surface area contributed by atoms with Crippen molar-refractivity contribution in [2.24, 2.45) is 0 Å². The number of carbonyl (C=O) groups is 3. The Morgan fingerprint density at radius 2 is 1.50 bits per heavy atom. The van der Waals surface area contributed by atoms with Gasteiger partial charge in [-0.3, -0.25) is 19.1 Å².